The number of carbonyl (C=O) groups excluding carboxylic acids is 1. The topological polar surface area (TPSA) is 72.2 Å². The molecule has 0 aliphatic carbocycles. The zero-order valence-corrected chi connectivity index (χ0v) is 10.5. The van der Waals surface area contributed by atoms with E-state index in [0.717, 1.165) is 18.2 Å². The van der Waals surface area contributed by atoms with Crippen LogP contribution in [0, 0.1) is 15.9 Å². The van der Waals surface area contributed by atoms with Crippen LogP contribution in [0.25, 0.3) is 0 Å². The van der Waals surface area contributed by atoms with Gasteiger partial charge in [-0.3, -0.25) is 14.9 Å². The molecule has 92 valence electrons. The summed E-state index contributed by atoms with van der Waals surface area (Å²) >= 11 is 3.17. The van der Waals surface area contributed by atoms with Crippen molar-refractivity contribution in [3.05, 3.63) is 39.7 Å². The summed E-state index contributed by atoms with van der Waals surface area (Å²) in [5, 5.41) is 13.6. The third-order valence-electron chi connectivity index (χ3n) is 1.96. The molecule has 1 amide bonds. The Balaban J connectivity index is 2.97. The van der Waals surface area contributed by atoms with Crippen molar-refractivity contribution in [2.45, 2.75) is 13.0 Å². The predicted molar refractivity (Wildman–Crippen MR) is 63.8 cm³/mol. The standard InChI is InChI=1S/C10H10BrFN2O3/c1-6(5-11)13-10(15)7-2-8(12)4-9(3-7)14(16)17/h2-4,6H,5H2,1H3,(H,13,15). The SMILES string of the molecule is CC(CBr)NC(=O)c1cc(F)cc([N+](=O)[O-])c1. The largest absolute Gasteiger partial charge is 0.349 e. The number of hydrogen-bond acceptors (Lipinski definition) is 3. The van der Waals surface area contributed by atoms with Crippen LogP contribution in [0.2, 0.25) is 0 Å². The first kappa shape index (κ1) is 13.6. The summed E-state index contributed by atoms with van der Waals surface area (Å²) in [6, 6.07) is 2.62. The van der Waals surface area contributed by atoms with Crippen LogP contribution >= 0.6 is 15.9 Å². The molecule has 0 saturated heterocycles. The highest BCUT2D eigenvalue weighted by atomic mass is 79.9. The molecule has 0 aliphatic rings. The number of rotatable bonds is 4. The average Bonchev–Trinajstić information content (AvgIpc) is 2.27. The van der Waals surface area contributed by atoms with E-state index in [1.807, 2.05) is 0 Å². The first-order valence-corrected chi connectivity index (χ1v) is 5.88. The summed E-state index contributed by atoms with van der Waals surface area (Å²) < 4.78 is 13.1. The fraction of sp³-hybridized carbons (Fsp3) is 0.300. The monoisotopic (exact) mass is 304 g/mol. The van der Waals surface area contributed by atoms with Crippen LogP contribution in [0.1, 0.15) is 17.3 Å². The number of nitrogens with zero attached hydrogens (tertiary/aromatic N) is 1. The molecular weight excluding hydrogens is 295 g/mol. The van der Waals surface area contributed by atoms with Crippen LogP contribution in [-0.2, 0) is 0 Å². The molecule has 1 aromatic carbocycles. The summed E-state index contributed by atoms with van der Waals surface area (Å²) in [6.45, 7) is 1.75. The number of alkyl halides is 1. The van der Waals surface area contributed by atoms with Gasteiger partial charge in [0.15, 0.2) is 0 Å². The molecule has 5 nitrogen and oxygen atoms in total. The molecule has 0 fully saturated rings. The van der Waals surface area contributed by atoms with Crippen LogP contribution in [-0.4, -0.2) is 22.2 Å². The van der Waals surface area contributed by atoms with Gasteiger partial charge < -0.3 is 5.32 Å². The van der Waals surface area contributed by atoms with Crippen molar-refractivity contribution in [1.29, 1.82) is 0 Å². The average molecular weight is 305 g/mol. The first-order valence-electron chi connectivity index (χ1n) is 4.76. The molecule has 0 radical (unpaired) electrons. The third kappa shape index (κ3) is 3.77. The first-order chi connectivity index (χ1) is 7.93. The van der Waals surface area contributed by atoms with Crippen LogP contribution < -0.4 is 5.32 Å². The van der Waals surface area contributed by atoms with Gasteiger partial charge in [-0.05, 0) is 13.0 Å². The molecule has 0 aliphatic heterocycles. The molecule has 1 aromatic rings. The minimum atomic E-state index is -0.809. The zero-order valence-electron chi connectivity index (χ0n) is 8.94. The Hall–Kier alpha value is -1.50. The van der Waals surface area contributed by atoms with Gasteiger partial charge in [-0.15, -0.1) is 0 Å². The highest BCUT2D eigenvalue weighted by Crippen LogP contribution is 2.16. The third-order valence-corrected chi connectivity index (χ3v) is 2.94. The van der Waals surface area contributed by atoms with Crippen molar-refractivity contribution in [2.24, 2.45) is 0 Å². The van der Waals surface area contributed by atoms with Crippen molar-refractivity contribution in [3.8, 4) is 0 Å². The minimum absolute atomic E-state index is 0.0653. The summed E-state index contributed by atoms with van der Waals surface area (Å²) in [6.07, 6.45) is 0. The fourth-order valence-electron chi connectivity index (χ4n) is 1.16. The van der Waals surface area contributed by atoms with Gasteiger partial charge in [0.05, 0.1) is 11.0 Å². The van der Waals surface area contributed by atoms with Gasteiger partial charge in [0.1, 0.15) is 5.82 Å². The molecule has 1 rings (SSSR count). The lowest BCUT2D eigenvalue weighted by molar-refractivity contribution is -0.385. The van der Waals surface area contributed by atoms with Crippen LogP contribution in [0.5, 0.6) is 0 Å². The Labute approximate surface area is 105 Å². The number of benzene rings is 1. The van der Waals surface area contributed by atoms with Crippen molar-refractivity contribution in [2.75, 3.05) is 5.33 Å². The molecule has 7 heteroatoms. The van der Waals surface area contributed by atoms with Crippen LogP contribution in [0.4, 0.5) is 10.1 Å². The van der Waals surface area contributed by atoms with Gasteiger partial charge in [0.25, 0.3) is 11.6 Å². The second kappa shape index (κ2) is 5.72. The van der Waals surface area contributed by atoms with Crippen molar-refractivity contribution in [1.82, 2.24) is 5.32 Å². The number of nitrogens with one attached hydrogen (secondary N) is 1. The normalized spacial score (nSPS) is 11.9. The maximum Gasteiger partial charge on any atom is 0.273 e. The van der Waals surface area contributed by atoms with Crippen molar-refractivity contribution in [3.63, 3.8) is 0 Å². The number of nitro benzene ring substituents is 1. The number of nitro groups is 1. The fourth-order valence-corrected chi connectivity index (χ4v) is 1.32. The van der Waals surface area contributed by atoms with Gasteiger partial charge in [0, 0.05) is 23.0 Å². The van der Waals surface area contributed by atoms with E-state index < -0.39 is 22.3 Å². The zero-order chi connectivity index (χ0) is 13.0. The van der Waals surface area contributed by atoms with Crippen LogP contribution in [0.15, 0.2) is 18.2 Å². The molecule has 17 heavy (non-hydrogen) atoms. The van der Waals surface area contributed by atoms with Crippen molar-refractivity contribution >= 4 is 27.5 Å². The Morgan fingerprint density at radius 1 is 1.59 bits per heavy atom. The van der Waals surface area contributed by atoms with E-state index in [0.29, 0.717) is 5.33 Å². The lowest BCUT2D eigenvalue weighted by Gasteiger charge is -2.10. The van der Waals surface area contributed by atoms with Crippen molar-refractivity contribution < 1.29 is 14.1 Å². The lowest BCUT2D eigenvalue weighted by atomic mass is 10.1. The molecule has 0 aromatic heterocycles. The minimum Gasteiger partial charge on any atom is -0.349 e. The predicted octanol–water partition coefficient (Wildman–Crippen LogP) is 2.25. The summed E-state index contributed by atoms with van der Waals surface area (Å²) in [7, 11) is 0. The van der Waals surface area contributed by atoms with Gasteiger partial charge >= 0.3 is 0 Å². The van der Waals surface area contributed by atoms with Gasteiger partial charge in [-0.1, -0.05) is 15.9 Å². The Bertz CT molecular complexity index is 453. The van der Waals surface area contributed by atoms with Gasteiger partial charge in [-0.25, -0.2) is 4.39 Å². The second-order valence-corrected chi connectivity index (χ2v) is 4.13. The maximum atomic E-state index is 13.1. The summed E-state index contributed by atoms with van der Waals surface area (Å²) in [5.74, 6) is -1.35. The number of hydrogen-bond donors (Lipinski definition) is 1. The van der Waals surface area contributed by atoms with E-state index >= 15 is 0 Å². The quantitative estimate of drug-likeness (QED) is 0.527. The van der Waals surface area contributed by atoms with E-state index in [1.54, 1.807) is 6.92 Å². The lowest BCUT2D eigenvalue weighted by Crippen LogP contribution is -2.33. The van der Waals surface area contributed by atoms with Gasteiger partial charge in [0.2, 0.25) is 0 Å². The van der Waals surface area contributed by atoms with Crippen LogP contribution in [0.3, 0.4) is 0 Å². The van der Waals surface area contributed by atoms with E-state index in [2.05, 4.69) is 21.2 Å². The molecule has 0 bridgehead atoms. The van der Waals surface area contributed by atoms with E-state index in [-0.39, 0.29) is 11.6 Å². The number of carbonyl (C=O) groups is 1. The number of halogens is 2. The molecule has 1 atom stereocenters. The number of amides is 1. The highest BCUT2D eigenvalue weighted by molar-refractivity contribution is 9.09. The molecular formula is C10H10BrFN2O3. The second-order valence-electron chi connectivity index (χ2n) is 3.48. The summed E-state index contributed by atoms with van der Waals surface area (Å²) in [5.41, 5.74) is -0.508. The van der Waals surface area contributed by atoms with Gasteiger partial charge in [-0.2, -0.15) is 0 Å². The maximum absolute atomic E-state index is 13.1. The molecule has 0 saturated carbocycles. The Morgan fingerprint density at radius 2 is 2.24 bits per heavy atom. The number of non-ortho nitro benzene ring substituents is 1. The molecule has 1 unspecified atom stereocenters. The molecule has 0 heterocycles. The Morgan fingerprint density at radius 3 is 2.76 bits per heavy atom. The Kier molecular flexibility index (Phi) is 4.56. The summed E-state index contributed by atoms with van der Waals surface area (Å²) in [4.78, 5) is 21.4. The smallest absolute Gasteiger partial charge is 0.273 e. The van der Waals surface area contributed by atoms with E-state index in [4.69, 9.17) is 0 Å². The molecule has 0 spiro atoms. The van der Waals surface area contributed by atoms with E-state index in [9.17, 15) is 19.3 Å². The highest BCUT2D eigenvalue weighted by Gasteiger charge is 2.15. The molecule has 1 N–H and O–H groups in total. The van der Waals surface area contributed by atoms with E-state index in [1.165, 1.54) is 0 Å².